The van der Waals surface area contributed by atoms with Crippen LogP contribution in [-0.4, -0.2) is 37.7 Å². The third kappa shape index (κ3) is 3.49. The van der Waals surface area contributed by atoms with Crippen LogP contribution in [0.4, 0.5) is 5.69 Å². The van der Waals surface area contributed by atoms with E-state index in [1.165, 1.54) is 5.69 Å². The predicted molar refractivity (Wildman–Crippen MR) is 84.9 cm³/mol. The summed E-state index contributed by atoms with van der Waals surface area (Å²) in [6.45, 7) is 2.91. The third-order valence-electron chi connectivity index (χ3n) is 3.31. The Morgan fingerprint density at radius 1 is 1.14 bits per heavy atom. The summed E-state index contributed by atoms with van der Waals surface area (Å²) in [6.07, 6.45) is 3.33. The molecule has 1 aromatic heterocycles. The van der Waals surface area contributed by atoms with Crippen LogP contribution in [-0.2, 0) is 0 Å². The second kappa shape index (κ2) is 7.04. The van der Waals surface area contributed by atoms with Gasteiger partial charge in [-0.1, -0.05) is 19.1 Å². The van der Waals surface area contributed by atoms with E-state index in [2.05, 4.69) is 51.4 Å². The zero-order valence-electron chi connectivity index (χ0n) is 13.0. The van der Waals surface area contributed by atoms with Crippen LogP contribution in [0.1, 0.15) is 24.2 Å². The molecule has 2 rings (SSSR count). The first-order valence-electron chi connectivity index (χ1n) is 7.03. The summed E-state index contributed by atoms with van der Waals surface area (Å²) >= 11 is 0. The van der Waals surface area contributed by atoms with E-state index in [1.807, 2.05) is 14.1 Å². The monoisotopic (exact) mass is 286 g/mol. The van der Waals surface area contributed by atoms with Gasteiger partial charge < -0.3 is 15.0 Å². The van der Waals surface area contributed by atoms with E-state index in [1.54, 1.807) is 19.5 Å². The Bertz CT molecular complexity index is 569. The lowest BCUT2D eigenvalue weighted by Gasteiger charge is -2.20. The molecule has 0 aliphatic carbocycles. The normalized spacial score (nSPS) is 12.0. The SMILES string of the molecule is CCNC(c1ccc(N(C)C)cc1)c1nccnc1OC. The molecular formula is C16H22N4O. The first kappa shape index (κ1) is 15.3. The number of nitrogens with zero attached hydrogens (tertiary/aromatic N) is 3. The van der Waals surface area contributed by atoms with E-state index in [0.717, 1.165) is 17.8 Å². The molecule has 2 aromatic rings. The molecule has 0 saturated carbocycles. The van der Waals surface area contributed by atoms with Gasteiger partial charge in [0.1, 0.15) is 5.69 Å². The van der Waals surface area contributed by atoms with Crippen molar-refractivity contribution in [2.75, 3.05) is 32.6 Å². The van der Waals surface area contributed by atoms with E-state index in [9.17, 15) is 0 Å². The molecule has 21 heavy (non-hydrogen) atoms. The van der Waals surface area contributed by atoms with Crippen molar-refractivity contribution in [3.8, 4) is 5.88 Å². The second-order valence-corrected chi connectivity index (χ2v) is 4.93. The highest BCUT2D eigenvalue weighted by molar-refractivity contribution is 5.47. The molecule has 0 fully saturated rings. The number of nitrogens with one attached hydrogen (secondary N) is 1. The van der Waals surface area contributed by atoms with Gasteiger partial charge in [0.15, 0.2) is 0 Å². The molecule has 1 unspecified atom stereocenters. The van der Waals surface area contributed by atoms with E-state index in [0.29, 0.717) is 5.88 Å². The van der Waals surface area contributed by atoms with Crippen molar-refractivity contribution in [3.63, 3.8) is 0 Å². The number of anilines is 1. The van der Waals surface area contributed by atoms with Crippen LogP contribution in [0, 0.1) is 0 Å². The number of hydrogen-bond acceptors (Lipinski definition) is 5. The maximum absolute atomic E-state index is 5.33. The Morgan fingerprint density at radius 2 is 1.81 bits per heavy atom. The van der Waals surface area contributed by atoms with Crippen molar-refractivity contribution in [1.82, 2.24) is 15.3 Å². The average molecular weight is 286 g/mol. The van der Waals surface area contributed by atoms with Crippen molar-refractivity contribution in [2.24, 2.45) is 0 Å². The van der Waals surface area contributed by atoms with Crippen LogP contribution in [0.3, 0.4) is 0 Å². The topological polar surface area (TPSA) is 50.3 Å². The Morgan fingerprint density at radius 3 is 2.38 bits per heavy atom. The van der Waals surface area contributed by atoms with Gasteiger partial charge in [0.25, 0.3) is 0 Å². The standard InChI is InChI=1S/C16H22N4O/c1-5-17-14(15-16(21-4)19-11-10-18-15)12-6-8-13(9-7-12)20(2)3/h6-11,14,17H,5H2,1-4H3. The van der Waals surface area contributed by atoms with Gasteiger partial charge in [0, 0.05) is 32.2 Å². The lowest BCUT2D eigenvalue weighted by Crippen LogP contribution is -2.24. The average Bonchev–Trinajstić information content (AvgIpc) is 2.52. The lowest BCUT2D eigenvalue weighted by atomic mass is 10.0. The molecule has 0 spiro atoms. The first-order chi connectivity index (χ1) is 10.2. The first-order valence-corrected chi connectivity index (χ1v) is 7.03. The molecule has 5 heteroatoms. The summed E-state index contributed by atoms with van der Waals surface area (Å²) in [5, 5.41) is 3.44. The van der Waals surface area contributed by atoms with Gasteiger partial charge in [-0.05, 0) is 24.2 Å². The fourth-order valence-electron chi connectivity index (χ4n) is 2.23. The number of ether oxygens (including phenoxy) is 1. The molecule has 0 bridgehead atoms. The molecule has 0 saturated heterocycles. The summed E-state index contributed by atoms with van der Waals surface area (Å²) in [5.74, 6) is 0.556. The summed E-state index contributed by atoms with van der Waals surface area (Å²) in [6, 6.07) is 8.38. The van der Waals surface area contributed by atoms with E-state index in [-0.39, 0.29) is 6.04 Å². The highest BCUT2D eigenvalue weighted by atomic mass is 16.5. The maximum atomic E-state index is 5.33. The molecule has 0 radical (unpaired) electrons. The highest BCUT2D eigenvalue weighted by Crippen LogP contribution is 2.27. The zero-order valence-corrected chi connectivity index (χ0v) is 13.0. The van der Waals surface area contributed by atoms with Gasteiger partial charge >= 0.3 is 0 Å². The van der Waals surface area contributed by atoms with Gasteiger partial charge in [0.05, 0.1) is 13.2 Å². The van der Waals surface area contributed by atoms with Gasteiger partial charge in [-0.25, -0.2) is 4.98 Å². The van der Waals surface area contributed by atoms with Crippen molar-refractivity contribution < 1.29 is 4.74 Å². The number of hydrogen-bond donors (Lipinski definition) is 1. The van der Waals surface area contributed by atoms with Gasteiger partial charge in [-0.2, -0.15) is 0 Å². The molecule has 0 aliphatic heterocycles. The quantitative estimate of drug-likeness (QED) is 0.882. The highest BCUT2D eigenvalue weighted by Gasteiger charge is 2.19. The van der Waals surface area contributed by atoms with Crippen molar-refractivity contribution in [2.45, 2.75) is 13.0 Å². The molecule has 112 valence electrons. The van der Waals surface area contributed by atoms with Crippen LogP contribution in [0.2, 0.25) is 0 Å². The van der Waals surface area contributed by atoms with Gasteiger partial charge in [0.2, 0.25) is 5.88 Å². The van der Waals surface area contributed by atoms with E-state index >= 15 is 0 Å². The molecule has 0 amide bonds. The summed E-state index contributed by atoms with van der Waals surface area (Å²) < 4.78 is 5.33. The molecule has 5 nitrogen and oxygen atoms in total. The fraction of sp³-hybridized carbons (Fsp3) is 0.375. The molecule has 1 aromatic carbocycles. The van der Waals surface area contributed by atoms with Crippen molar-refractivity contribution >= 4 is 5.69 Å². The summed E-state index contributed by atoms with van der Waals surface area (Å²) in [5.41, 5.74) is 3.11. The smallest absolute Gasteiger partial charge is 0.237 e. The van der Waals surface area contributed by atoms with Crippen molar-refractivity contribution in [1.29, 1.82) is 0 Å². The van der Waals surface area contributed by atoms with Crippen LogP contribution in [0.15, 0.2) is 36.7 Å². The Balaban J connectivity index is 2.38. The lowest BCUT2D eigenvalue weighted by molar-refractivity contribution is 0.383. The minimum Gasteiger partial charge on any atom is -0.480 e. The van der Waals surface area contributed by atoms with Crippen LogP contribution < -0.4 is 15.0 Å². The number of rotatable bonds is 6. The van der Waals surface area contributed by atoms with Crippen LogP contribution in [0.25, 0.3) is 0 Å². The van der Waals surface area contributed by atoms with Gasteiger partial charge in [-0.15, -0.1) is 0 Å². The van der Waals surface area contributed by atoms with E-state index in [4.69, 9.17) is 4.74 Å². The number of benzene rings is 1. The van der Waals surface area contributed by atoms with Gasteiger partial charge in [-0.3, -0.25) is 4.98 Å². The predicted octanol–water partition coefficient (Wildman–Crippen LogP) is 2.25. The largest absolute Gasteiger partial charge is 0.480 e. The molecule has 1 N–H and O–H groups in total. The van der Waals surface area contributed by atoms with Crippen molar-refractivity contribution in [3.05, 3.63) is 47.9 Å². The second-order valence-electron chi connectivity index (χ2n) is 4.93. The Labute approximate surface area is 126 Å². The maximum Gasteiger partial charge on any atom is 0.237 e. The molecule has 1 atom stereocenters. The molecular weight excluding hydrogens is 264 g/mol. The van der Waals surface area contributed by atoms with Crippen LogP contribution in [0.5, 0.6) is 5.88 Å². The van der Waals surface area contributed by atoms with Crippen LogP contribution >= 0.6 is 0 Å². The Kier molecular flexibility index (Phi) is 5.11. The minimum atomic E-state index is -0.0325. The van der Waals surface area contributed by atoms with E-state index < -0.39 is 0 Å². The fourth-order valence-corrected chi connectivity index (χ4v) is 2.23. The summed E-state index contributed by atoms with van der Waals surface area (Å²) in [7, 11) is 5.68. The number of methoxy groups -OCH3 is 1. The summed E-state index contributed by atoms with van der Waals surface area (Å²) in [4.78, 5) is 10.8. The zero-order chi connectivity index (χ0) is 15.2. The number of aromatic nitrogens is 2. The third-order valence-corrected chi connectivity index (χ3v) is 3.31. The minimum absolute atomic E-state index is 0.0325. The molecule has 1 heterocycles. The Hall–Kier alpha value is -2.14. The molecule has 0 aliphatic rings.